The van der Waals surface area contributed by atoms with E-state index in [2.05, 4.69) is 22.8 Å². The van der Waals surface area contributed by atoms with E-state index in [1.807, 2.05) is 36.4 Å². The molecular weight excluding hydrogens is 414 g/mol. The number of hydroxylamine groups is 2. The molecule has 9 nitrogen and oxygen atoms in total. The number of imide groups is 1. The predicted molar refractivity (Wildman–Crippen MR) is 113 cm³/mol. The van der Waals surface area contributed by atoms with Gasteiger partial charge in [-0.1, -0.05) is 48.5 Å². The number of ether oxygens (including phenoxy) is 1. The molecule has 4 amide bonds. The molecule has 0 spiro atoms. The molecule has 32 heavy (non-hydrogen) atoms. The van der Waals surface area contributed by atoms with Gasteiger partial charge in [-0.05, 0) is 29.2 Å². The summed E-state index contributed by atoms with van der Waals surface area (Å²) in [5.41, 5.74) is 4.52. The average molecular weight is 437 g/mol. The second-order valence-corrected chi connectivity index (χ2v) is 7.71. The molecule has 166 valence electrons. The molecule has 2 N–H and O–H groups in total. The number of hydrogen-bond donors (Lipinski definition) is 2. The van der Waals surface area contributed by atoms with Crippen molar-refractivity contribution in [3.05, 3.63) is 59.7 Å². The summed E-state index contributed by atoms with van der Waals surface area (Å²) in [5, 5.41) is 5.50. The molecular formula is C23H23N3O6. The lowest BCUT2D eigenvalue weighted by molar-refractivity contribution is -0.171. The van der Waals surface area contributed by atoms with Crippen molar-refractivity contribution in [2.24, 2.45) is 0 Å². The number of hydrogen-bond acceptors (Lipinski definition) is 6. The molecule has 1 atom stereocenters. The van der Waals surface area contributed by atoms with E-state index in [-0.39, 0.29) is 31.9 Å². The van der Waals surface area contributed by atoms with E-state index in [0.717, 1.165) is 22.3 Å². The Labute approximate surface area is 184 Å². The van der Waals surface area contributed by atoms with Gasteiger partial charge in [0.2, 0.25) is 0 Å². The van der Waals surface area contributed by atoms with Crippen LogP contribution in [0.4, 0.5) is 9.59 Å². The highest BCUT2D eigenvalue weighted by atomic mass is 16.7. The number of benzene rings is 2. The molecule has 0 unspecified atom stereocenters. The number of amides is 4. The topological polar surface area (TPSA) is 114 Å². The lowest BCUT2D eigenvalue weighted by atomic mass is 9.98. The predicted octanol–water partition coefficient (Wildman–Crippen LogP) is 2.70. The van der Waals surface area contributed by atoms with Gasteiger partial charge in [0, 0.05) is 31.3 Å². The minimum Gasteiger partial charge on any atom is -0.449 e. The van der Waals surface area contributed by atoms with Crippen LogP contribution in [0.1, 0.15) is 36.8 Å². The monoisotopic (exact) mass is 437 g/mol. The van der Waals surface area contributed by atoms with Crippen molar-refractivity contribution in [1.29, 1.82) is 0 Å². The second-order valence-electron chi connectivity index (χ2n) is 7.71. The van der Waals surface area contributed by atoms with Crippen molar-refractivity contribution in [1.82, 2.24) is 15.7 Å². The van der Waals surface area contributed by atoms with Gasteiger partial charge in [0.1, 0.15) is 6.61 Å². The zero-order chi connectivity index (χ0) is 22.7. The molecule has 0 aromatic heterocycles. The molecule has 1 saturated heterocycles. The Hall–Kier alpha value is -3.88. The summed E-state index contributed by atoms with van der Waals surface area (Å²) in [4.78, 5) is 51.7. The summed E-state index contributed by atoms with van der Waals surface area (Å²) < 4.78 is 5.46. The minimum atomic E-state index is -0.949. The number of fused-ring (bicyclic) bond motifs is 3. The van der Waals surface area contributed by atoms with E-state index in [0.29, 0.717) is 5.06 Å². The van der Waals surface area contributed by atoms with Crippen LogP contribution in [0.25, 0.3) is 11.1 Å². The van der Waals surface area contributed by atoms with Gasteiger partial charge >= 0.3 is 12.2 Å². The maximum Gasteiger partial charge on any atom is 0.432 e. The van der Waals surface area contributed by atoms with Crippen LogP contribution in [0.3, 0.4) is 0 Å². The van der Waals surface area contributed by atoms with Crippen LogP contribution >= 0.6 is 0 Å². The lowest BCUT2D eigenvalue weighted by Gasteiger charge is -2.18. The standard InChI is InChI=1S/C23H23N3O6/c1-14(12-24-22(29)32-26-20(27)10-11-21(26)28)25-23(30)31-13-19-17-8-4-2-6-15(17)16-7-3-5-9-18(16)19/h2-9,14,19H,10-13H2,1H3,(H,24,29)(H,25,30)/t14-/m0/s1. The van der Waals surface area contributed by atoms with E-state index in [1.54, 1.807) is 6.92 Å². The molecule has 9 heteroatoms. The van der Waals surface area contributed by atoms with E-state index < -0.39 is 30.0 Å². The Balaban J connectivity index is 1.25. The SMILES string of the molecule is C[C@@H](CNC(=O)ON1C(=O)CCC1=O)NC(=O)OCC1c2ccccc2-c2ccccc21. The Morgan fingerprint density at radius 3 is 2.12 bits per heavy atom. The van der Waals surface area contributed by atoms with Crippen molar-refractivity contribution in [2.75, 3.05) is 13.2 Å². The van der Waals surface area contributed by atoms with Gasteiger partial charge in [-0.15, -0.1) is 5.06 Å². The van der Waals surface area contributed by atoms with Gasteiger partial charge in [-0.2, -0.15) is 0 Å². The van der Waals surface area contributed by atoms with E-state index in [9.17, 15) is 19.2 Å². The highest BCUT2D eigenvalue weighted by molar-refractivity contribution is 6.01. The fourth-order valence-electron chi connectivity index (χ4n) is 3.90. The van der Waals surface area contributed by atoms with Crippen molar-refractivity contribution in [3.63, 3.8) is 0 Å². The smallest absolute Gasteiger partial charge is 0.432 e. The molecule has 1 aliphatic carbocycles. The zero-order valence-electron chi connectivity index (χ0n) is 17.5. The maximum atomic E-state index is 12.3. The quantitative estimate of drug-likeness (QED) is 0.672. The molecule has 0 saturated carbocycles. The van der Waals surface area contributed by atoms with E-state index in [4.69, 9.17) is 9.57 Å². The van der Waals surface area contributed by atoms with Gasteiger partial charge in [-0.25, -0.2) is 9.59 Å². The third-order valence-electron chi connectivity index (χ3n) is 5.44. The van der Waals surface area contributed by atoms with Crippen LogP contribution in [0, 0.1) is 0 Å². The summed E-state index contributed by atoms with van der Waals surface area (Å²) >= 11 is 0. The van der Waals surface area contributed by atoms with Gasteiger partial charge in [0.25, 0.3) is 11.8 Å². The van der Waals surface area contributed by atoms with Crippen molar-refractivity contribution in [3.8, 4) is 11.1 Å². The molecule has 4 rings (SSSR count). The Kier molecular flexibility index (Phi) is 6.07. The Morgan fingerprint density at radius 1 is 0.969 bits per heavy atom. The summed E-state index contributed by atoms with van der Waals surface area (Å²) in [6.07, 6.45) is -1.52. The van der Waals surface area contributed by atoms with Gasteiger partial charge in [0.15, 0.2) is 0 Å². The van der Waals surface area contributed by atoms with E-state index >= 15 is 0 Å². The van der Waals surface area contributed by atoms with Gasteiger partial charge < -0.3 is 20.2 Å². The zero-order valence-corrected chi connectivity index (χ0v) is 17.5. The molecule has 0 bridgehead atoms. The largest absolute Gasteiger partial charge is 0.449 e. The molecule has 1 fully saturated rings. The van der Waals surface area contributed by atoms with Gasteiger partial charge in [0.05, 0.1) is 0 Å². The van der Waals surface area contributed by atoms with Crippen molar-refractivity contribution < 1.29 is 28.8 Å². The fourth-order valence-corrected chi connectivity index (χ4v) is 3.90. The Bertz CT molecular complexity index is 1010. The number of carbonyl (C=O) groups is 4. The first-order chi connectivity index (χ1) is 15.4. The second kappa shape index (κ2) is 9.09. The summed E-state index contributed by atoms with van der Waals surface area (Å²) in [6, 6.07) is 15.6. The lowest BCUT2D eigenvalue weighted by Crippen LogP contribution is -2.44. The van der Waals surface area contributed by atoms with Crippen LogP contribution in [0.5, 0.6) is 0 Å². The fraction of sp³-hybridized carbons (Fsp3) is 0.304. The van der Waals surface area contributed by atoms with E-state index in [1.165, 1.54) is 0 Å². The molecule has 1 heterocycles. The summed E-state index contributed by atoms with van der Waals surface area (Å²) in [5.74, 6) is -1.17. The molecule has 2 aromatic carbocycles. The minimum absolute atomic E-state index is 0.0197. The number of nitrogens with zero attached hydrogens (tertiary/aromatic N) is 1. The molecule has 2 aromatic rings. The van der Waals surface area contributed by atoms with Crippen LogP contribution in [-0.4, -0.2) is 48.3 Å². The first-order valence-electron chi connectivity index (χ1n) is 10.4. The number of alkyl carbamates (subject to hydrolysis) is 1. The highest BCUT2D eigenvalue weighted by Crippen LogP contribution is 2.44. The summed E-state index contributed by atoms with van der Waals surface area (Å²) in [6.45, 7) is 1.88. The van der Waals surface area contributed by atoms with Crippen LogP contribution in [0.15, 0.2) is 48.5 Å². The van der Waals surface area contributed by atoms with Crippen LogP contribution in [-0.2, 0) is 19.2 Å². The average Bonchev–Trinajstić information content (AvgIpc) is 3.28. The number of carbonyl (C=O) groups excluding carboxylic acids is 4. The third kappa shape index (κ3) is 4.41. The maximum absolute atomic E-state index is 12.3. The first kappa shape index (κ1) is 21.4. The first-order valence-corrected chi connectivity index (χ1v) is 10.4. The number of rotatable bonds is 6. The van der Waals surface area contributed by atoms with Crippen LogP contribution in [0.2, 0.25) is 0 Å². The van der Waals surface area contributed by atoms with Gasteiger partial charge in [-0.3, -0.25) is 9.59 Å². The highest BCUT2D eigenvalue weighted by Gasteiger charge is 2.33. The Morgan fingerprint density at radius 2 is 1.53 bits per heavy atom. The normalized spacial score (nSPS) is 15.7. The molecule has 0 radical (unpaired) electrons. The van der Waals surface area contributed by atoms with Crippen LogP contribution < -0.4 is 10.6 Å². The van der Waals surface area contributed by atoms with Crippen molar-refractivity contribution in [2.45, 2.75) is 31.7 Å². The third-order valence-corrected chi connectivity index (χ3v) is 5.44. The molecule has 2 aliphatic rings. The summed E-state index contributed by atoms with van der Waals surface area (Å²) in [7, 11) is 0. The molecule has 1 aliphatic heterocycles. The number of nitrogens with one attached hydrogen (secondary N) is 2. The van der Waals surface area contributed by atoms with Crippen molar-refractivity contribution >= 4 is 24.0 Å².